The van der Waals surface area contributed by atoms with E-state index in [4.69, 9.17) is 21.1 Å². The molecule has 2 heterocycles. The zero-order valence-electron chi connectivity index (χ0n) is 14.3. The molecule has 0 atom stereocenters. The van der Waals surface area contributed by atoms with Crippen molar-refractivity contribution in [3.8, 4) is 17.4 Å². The molecule has 0 radical (unpaired) electrons. The fourth-order valence-electron chi connectivity index (χ4n) is 2.33. The Hall–Kier alpha value is -3.19. The van der Waals surface area contributed by atoms with Crippen molar-refractivity contribution < 1.29 is 18.7 Å². The Kier molecular flexibility index (Phi) is 5.83. The molecule has 0 spiro atoms. The lowest BCUT2D eigenvalue weighted by molar-refractivity contribution is 0.0948. The van der Waals surface area contributed by atoms with Crippen LogP contribution < -0.4 is 14.8 Å². The molecule has 27 heavy (non-hydrogen) atoms. The molecular weight excluding hydrogens is 373 g/mol. The third-order valence-electron chi connectivity index (χ3n) is 3.63. The van der Waals surface area contributed by atoms with Gasteiger partial charge in [0.2, 0.25) is 5.88 Å². The van der Waals surface area contributed by atoms with Gasteiger partial charge in [-0.05, 0) is 24.3 Å². The summed E-state index contributed by atoms with van der Waals surface area (Å²) in [6.45, 7) is 0.222. The maximum Gasteiger partial charge on any atom is 0.255 e. The third-order valence-corrected chi connectivity index (χ3v) is 3.92. The summed E-state index contributed by atoms with van der Waals surface area (Å²) in [5, 5.41) is 2.71. The SMILES string of the molecule is COc1ncccc1CNC(=O)c1ccncc1Oc1ccc(F)c(Cl)c1. The zero-order valence-corrected chi connectivity index (χ0v) is 15.0. The quantitative estimate of drug-likeness (QED) is 0.692. The van der Waals surface area contributed by atoms with Crippen molar-refractivity contribution in [3.63, 3.8) is 0 Å². The van der Waals surface area contributed by atoms with Gasteiger partial charge in [-0.2, -0.15) is 0 Å². The van der Waals surface area contributed by atoms with Crippen molar-refractivity contribution in [1.82, 2.24) is 15.3 Å². The molecule has 0 unspecified atom stereocenters. The standard InChI is InChI=1S/C19H15ClFN3O3/c1-26-19-12(3-2-7-23-19)10-24-18(25)14-6-8-22-11-17(14)27-13-4-5-16(21)15(20)9-13/h2-9,11H,10H2,1H3,(H,24,25). The third kappa shape index (κ3) is 4.51. The summed E-state index contributed by atoms with van der Waals surface area (Å²) in [4.78, 5) is 20.6. The molecule has 1 aromatic carbocycles. The summed E-state index contributed by atoms with van der Waals surface area (Å²) in [6.07, 6.45) is 4.48. The van der Waals surface area contributed by atoms with Crippen LogP contribution in [0.25, 0.3) is 0 Å². The molecule has 3 aromatic rings. The van der Waals surface area contributed by atoms with Gasteiger partial charge in [-0.25, -0.2) is 9.37 Å². The van der Waals surface area contributed by atoms with Gasteiger partial charge >= 0.3 is 0 Å². The van der Waals surface area contributed by atoms with Crippen LogP contribution in [-0.2, 0) is 6.54 Å². The Morgan fingerprint density at radius 1 is 1.26 bits per heavy atom. The number of methoxy groups -OCH3 is 1. The molecule has 1 N–H and O–H groups in total. The van der Waals surface area contributed by atoms with Gasteiger partial charge in [0.15, 0.2) is 5.75 Å². The molecule has 0 fully saturated rings. The van der Waals surface area contributed by atoms with Crippen LogP contribution in [0.5, 0.6) is 17.4 Å². The topological polar surface area (TPSA) is 73.3 Å². The van der Waals surface area contributed by atoms with Gasteiger partial charge in [0.1, 0.15) is 11.6 Å². The summed E-state index contributed by atoms with van der Waals surface area (Å²) >= 11 is 5.76. The summed E-state index contributed by atoms with van der Waals surface area (Å²) in [7, 11) is 1.51. The molecule has 0 bridgehead atoms. The highest BCUT2D eigenvalue weighted by Crippen LogP contribution is 2.28. The fourth-order valence-corrected chi connectivity index (χ4v) is 2.50. The van der Waals surface area contributed by atoms with Crippen molar-refractivity contribution in [2.45, 2.75) is 6.54 Å². The van der Waals surface area contributed by atoms with E-state index in [2.05, 4.69) is 15.3 Å². The zero-order chi connectivity index (χ0) is 19.2. The molecule has 138 valence electrons. The van der Waals surface area contributed by atoms with Gasteiger partial charge in [0.05, 0.1) is 23.9 Å². The number of hydrogen-bond donors (Lipinski definition) is 1. The Morgan fingerprint density at radius 3 is 2.89 bits per heavy atom. The normalized spacial score (nSPS) is 10.3. The lowest BCUT2D eigenvalue weighted by Crippen LogP contribution is -2.23. The highest BCUT2D eigenvalue weighted by Gasteiger charge is 2.15. The van der Waals surface area contributed by atoms with Crippen LogP contribution in [-0.4, -0.2) is 23.0 Å². The molecule has 3 rings (SSSR count). The first kappa shape index (κ1) is 18.6. The Balaban J connectivity index is 1.76. The smallest absolute Gasteiger partial charge is 0.255 e. The highest BCUT2D eigenvalue weighted by molar-refractivity contribution is 6.30. The van der Waals surface area contributed by atoms with Crippen molar-refractivity contribution in [2.24, 2.45) is 0 Å². The molecule has 0 saturated carbocycles. The number of pyridine rings is 2. The summed E-state index contributed by atoms with van der Waals surface area (Å²) in [5.74, 6) is 0.0169. The van der Waals surface area contributed by atoms with E-state index in [9.17, 15) is 9.18 Å². The van der Waals surface area contributed by atoms with Crippen molar-refractivity contribution >= 4 is 17.5 Å². The molecular formula is C19H15ClFN3O3. The first-order valence-electron chi connectivity index (χ1n) is 7.91. The summed E-state index contributed by atoms with van der Waals surface area (Å²) in [6, 6.07) is 9.00. The van der Waals surface area contributed by atoms with Crippen molar-refractivity contribution in [3.05, 3.63) is 77.0 Å². The molecule has 0 saturated heterocycles. The number of nitrogens with zero attached hydrogens (tertiary/aromatic N) is 2. The van der Waals surface area contributed by atoms with E-state index in [1.165, 1.54) is 43.8 Å². The van der Waals surface area contributed by atoms with Crippen molar-refractivity contribution in [1.29, 1.82) is 0 Å². The minimum absolute atomic E-state index is 0.0777. The Bertz CT molecular complexity index is 968. The van der Waals surface area contributed by atoms with Gasteiger partial charge in [-0.1, -0.05) is 17.7 Å². The van der Waals surface area contributed by atoms with Crippen LogP contribution in [0.1, 0.15) is 15.9 Å². The van der Waals surface area contributed by atoms with Crippen LogP contribution in [0.3, 0.4) is 0 Å². The van der Waals surface area contributed by atoms with Gasteiger partial charge in [0.25, 0.3) is 5.91 Å². The largest absolute Gasteiger partial charge is 0.481 e. The van der Waals surface area contributed by atoms with E-state index in [1.54, 1.807) is 18.3 Å². The van der Waals surface area contributed by atoms with Gasteiger partial charge < -0.3 is 14.8 Å². The number of amides is 1. The fraction of sp³-hybridized carbons (Fsp3) is 0.105. The molecule has 2 aromatic heterocycles. The van der Waals surface area contributed by atoms with Crippen LogP contribution in [0.2, 0.25) is 5.02 Å². The maximum absolute atomic E-state index is 13.3. The predicted octanol–water partition coefficient (Wildman–Crippen LogP) is 4.00. The number of nitrogens with one attached hydrogen (secondary N) is 1. The monoisotopic (exact) mass is 387 g/mol. The molecule has 0 aliphatic carbocycles. The molecule has 1 amide bonds. The number of carbonyl (C=O) groups excluding carboxylic acids is 1. The molecule has 0 aliphatic heterocycles. The minimum atomic E-state index is -0.557. The second-order valence-corrected chi connectivity index (χ2v) is 5.81. The number of ether oxygens (including phenoxy) is 2. The number of rotatable bonds is 6. The van der Waals surface area contributed by atoms with E-state index >= 15 is 0 Å². The van der Waals surface area contributed by atoms with Gasteiger partial charge in [-0.15, -0.1) is 0 Å². The van der Waals surface area contributed by atoms with E-state index in [1.807, 2.05) is 0 Å². The number of halogens is 2. The van der Waals surface area contributed by atoms with E-state index in [0.717, 1.165) is 5.56 Å². The van der Waals surface area contributed by atoms with Crippen LogP contribution in [0, 0.1) is 5.82 Å². The summed E-state index contributed by atoms with van der Waals surface area (Å²) in [5.41, 5.74) is 1.00. The lowest BCUT2D eigenvalue weighted by Gasteiger charge is -2.12. The second-order valence-electron chi connectivity index (χ2n) is 5.40. The van der Waals surface area contributed by atoms with Gasteiger partial charge in [-0.3, -0.25) is 9.78 Å². The first-order chi connectivity index (χ1) is 13.1. The molecule has 8 heteroatoms. The Morgan fingerprint density at radius 2 is 2.11 bits per heavy atom. The molecule has 6 nitrogen and oxygen atoms in total. The number of aromatic nitrogens is 2. The van der Waals surface area contributed by atoms with Crippen LogP contribution >= 0.6 is 11.6 Å². The Labute approximate surface area is 159 Å². The predicted molar refractivity (Wildman–Crippen MR) is 97.7 cm³/mol. The van der Waals surface area contributed by atoms with Crippen LogP contribution in [0.15, 0.2) is 55.0 Å². The number of hydrogen-bond acceptors (Lipinski definition) is 5. The van der Waals surface area contributed by atoms with Crippen molar-refractivity contribution in [2.75, 3.05) is 7.11 Å². The van der Waals surface area contributed by atoms with Crippen LogP contribution in [0.4, 0.5) is 4.39 Å². The van der Waals surface area contributed by atoms with E-state index < -0.39 is 5.82 Å². The average Bonchev–Trinajstić information content (AvgIpc) is 2.69. The highest BCUT2D eigenvalue weighted by atomic mass is 35.5. The number of carbonyl (C=O) groups is 1. The number of benzene rings is 1. The van der Waals surface area contributed by atoms with E-state index in [0.29, 0.717) is 5.88 Å². The van der Waals surface area contributed by atoms with Gasteiger partial charge in [0, 0.05) is 30.6 Å². The second kappa shape index (κ2) is 8.46. The molecule has 0 aliphatic rings. The maximum atomic E-state index is 13.3. The lowest BCUT2D eigenvalue weighted by atomic mass is 10.2. The minimum Gasteiger partial charge on any atom is -0.481 e. The van der Waals surface area contributed by atoms with E-state index in [-0.39, 0.29) is 34.5 Å². The summed E-state index contributed by atoms with van der Waals surface area (Å²) < 4.78 is 24.1. The first-order valence-corrected chi connectivity index (χ1v) is 8.29. The average molecular weight is 388 g/mol.